The predicted molar refractivity (Wildman–Crippen MR) is 122 cm³/mol. The van der Waals surface area contributed by atoms with Gasteiger partial charge in [-0.05, 0) is 61.9 Å². The zero-order chi connectivity index (χ0) is 20.7. The number of rotatable bonds is 4. The van der Waals surface area contributed by atoms with Gasteiger partial charge < -0.3 is 9.80 Å². The fourth-order valence-electron chi connectivity index (χ4n) is 4.83. The lowest BCUT2D eigenvalue weighted by molar-refractivity contribution is -0.135. The lowest BCUT2D eigenvalue weighted by atomic mass is 9.85. The van der Waals surface area contributed by atoms with Gasteiger partial charge in [-0.15, -0.1) is 11.8 Å². The third-order valence-corrected chi connectivity index (χ3v) is 7.29. The number of likely N-dealkylation sites (tertiary alicyclic amines) is 1. The first-order chi connectivity index (χ1) is 14.6. The molecule has 2 aromatic heterocycles. The number of aryl methyl sites for hydroxylation is 1. The minimum absolute atomic E-state index is 0.276. The molecule has 0 aliphatic carbocycles. The summed E-state index contributed by atoms with van der Waals surface area (Å²) in [6.07, 6.45) is 5.69. The van der Waals surface area contributed by atoms with Gasteiger partial charge in [0.05, 0.1) is 23.2 Å². The molecule has 1 aromatic carbocycles. The molecule has 1 unspecified atom stereocenters. The normalized spacial score (nSPS) is 21.3. The van der Waals surface area contributed by atoms with Gasteiger partial charge in [-0.1, -0.05) is 12.1 Å². The molecule has 1 amide bonds. The van der Waals surface area contributed by atoms with Crippen LogP contribution >= 0.6 is 11.8 Å². The van der Waals surface area contributed by atoms with Crippen molar-refractivity contribution < 1.29 is 4.79 Å². The molecule has 5 nitrogen and oxygen atoms in total. The number of fused-ring (bicyclic) bond motifs is 1. The monoisotopic (exact) mass is 418 g/mol. The van der Waals surface area contributed by atoms with Crippen LogP contribution in [-0.2, 0) is 11.3 Å². The standard InChI is InChI=1S/C24H26N4OS/c1-17-13-22(26-21-14-19(30-2)6-7-20(17)21)28-12-9-24(16-28)8-11-27(23(24)29)15-18-5-3-4-10-25-18/h3-7,10,13-14H,8-9,11-12,15-16H2,1-2H3. The van der Waals surface area contributed by atoms with E-state index in [1.165, 1.54) is 15.8 Å². The maximum atomic E-state index is 13.3. The van der Waals surface area contributed by atoms with Crippen LogP contribution < -0.4 is 4.90 Å². The van der Waals surface area contributed by atoms with E-state index in [0.717, 1.165) is 49.5 Å². The lowest BCUT2D eigenvalue weighted by Crippen LogP contribution is -2.37. The summed E-state index contributed by atoms with van der Waals surface area (Å²) < 4.78 is 0. The van der Waals surface area contributed by atoms with Gasteiger partial charge in [0.15, 0.2) is 0 Å². The van der Waals surface area contributed by atoms with Crippen molar-refractivity contribution >= 4 is 34.4 Å². The first kappa shape index (κ1) is 19.4. The predicted octanol–water partition coefficient (Wildman–Crippen LogP) is 4.29. The Morgan fingerprint density at radius 2 is 2.00 bits per heavy atom. The van der Waals surface area contributed by atoms with E-state index in [-0.39, 0.29) is 11.3 Å². The molecule has 1 atom stereocenters. The van der Waals surface area contributed by atoms with Crippen LogP contribution in [0.3, 0.4) is 0 Å². The summed E-state index contributed by atoms with van der Waals surface area (Å²) in [5.41, 5.74) is 2.94. The topological polar surface area (TPSA) is 49.3 Å². The summed E-state index contributed by atoms with van der Waals surface area (Å²) in [5.74, 6) is 1.27. The Labute approximate surface area is 181 Å². The second kappa shape index (κ2) is 7.58. The molecule has 6 heteroatoms. The largest absolute Gasteiger partial charge is 0.355 e. The van der Waals surface area contributed by atoms with Crippen LogP contribution in [0.15, 0.2) is 53.6 Å². The molecule has 3 aromatic rings. The number of pyridine rings is 2. The molecule has 0 radical (unpaired) electrons. The fourth-order valence-corrected chi connectivity index (χ4v) is 5.26. The molecule has 2 fully saturated rings. The molecular formula is C24H26N4OS. The number of thioether (sulfide) groups is 1. The maximum Gasteiger partial charge on any atom is 0.231 e. The average molecular weight is 419 g/mol. The van der Waals surface area contributed by atoms with E-state index >= 15 is 0 Å². The number of hydrogen-bond acceptors (Lipinski definition) is 5. The SMILES string of the molecule is CSc1ccc2c(C)cc(N3CCC4(CCN(Cc5ccccn5)C4=O)C3)nc2c1. The quantitative estimate of drug-likeness (QED) is 0.592. The van der Waals surface area contributed by atoms with Crippen molar-refractivity contribution in [3.8, 4) is 0 Å². The number of benzene rings is 1. The van der Waals surface area contributed by atoms with Gasteiger partial charge in [0.2, 0.25) is 5.91 Å². The smallest absolute Gasteiger partial charge is 0.231 e. The third-order valence-electron chi connectivity index (χ3n) is 6.57. The first-order valence-electron chi connectivity index (χ1n) is 10.5. The summed E-state index contributed by atoms with van der Waals surface area (Å²) in [4.78, 5) is 28.2. The average Bonchev–Trinajstić information content (AvgIpc) is 3.34. The Bertz CT molecular complexity index is 1100. The van der Waals surface area contributed by atoms with Gasteiger partial charge in [-0.3, -0.25) is 9.78 Å². The molecule has 0 N–H and O–H groups in total. The molecular weight excluding hydrogens is 392 g/mol. The molecule has 1 spiro atoms. The van der Waals surface area contributed by atoms with E-state index < -0.39 is 0 Å². The van der Waals surface area contributed by atoms with Gasteiger partial charge >= 0.3 is 0 Å². The molecule has 4 heterocycles. The van der Waals surface area contributed by atoms with Crippen LogP contribution in [0.4, 0.5) is 5.82 Å². The molecule has 5 rings (SSSR count). The molecule has 30 heavy (non-hydrogen) atoms. The lowest BCUT2D eigenvalue weighted by Gasteiger charge is -2.24. The number of carbonyl (C=O) groups is 1. The van der Waals surface area contributed by atoms with Crippen LogP contribution in [0.1, 0.15) is 24.1 Å². The van der Waals surface area contributed by atoms with Crippen molar-refractivity contribution in [3.63, 3.8) is 0 Å². The third kappa shape index (κ3) is 3.33. The minimum atomic E-state index is -0.277. The van der Waals surface area contributed by atoms with Crippen LogP contribution in [0.2, 0.25) is 0 Å². The van der Waals surface area contributed by atoms with Crippen LogP contribution in [-0.4, -0.2) is 46.7 Å². The Hall–Kier alpha value is -2.60. The van der Waals surface area contributed by atoms with Gasteiger partial charge in [-0.2, -0.15) is 0 Å². The highest BCUT2D eigenvalue weighted by Crippen LogP contribution is 2.42. The molecule has 0 bridgehead atoms. The highest BCUT2D eigenvalue weighted by atomic mass is 32.2. The van der Waals surface area contributed by atoms with Crippen molar-refractivity contribution in [1.82, 2.24) is 14.9 Å². The number of hydrogen-bond donors (Lipinski definition) is 0. The van der Waals surface area contributed by atoms with Crippen molar-refractivity contribution in [2.45, 2.75) is 31.2 Å². The number of amides is 1. The summed E-state index contributed by atoms with van der Waals surface area (Å²) in [6.45, 7) is 5.19. The second-order valence-electron chi connectivity index (χ2n) is 8.43. The van der Waals surface area contributed by atoms with E-state index in [1.807, 2.05) is 23.1 Å². The van der Waals surface area contributed by atoms with Crippen molar-refractivity contribution in [1.29, 1.82) is 0 Å². The van der Waals surface area contributed by atoms with Crippen LogP contribution in [0.5, 0.6) is 0 Å². The van der Waals surface area contributed by atoms with Crippen LogP contribution in [0.25, 0.3) is 10.9 Å². The van der Waals surface area contributed by atoms with Crippen LogP contribution in [0, 0.1) is 12.3 Å². The summed E-state index contributed by atoms with van der Waals surface area (Å²) >= 11 is 1.74. The van der Waals surface area contributed by atoms with Crippen molar-refractivity contribution in [2.24, 2.45) is 5.41 Å². The Morgan fingerprint density at radius 3 is 2.80 bits per heavy atom. The Kier molecular flexibility index (Phi) is 4.89. The summed E-state index contributed by atoms with van der Waals surface area (Å²) in [6, 6.07) is 14.5. The molecule has 2 saturated heterocycles. The van der Waals surface area contributed by atoms with E-state index in [4.69, 9.17) is 4.98 Å². The molecule has 2 aliphatic heterocycles. The first-order valence-corrected chi connectivity index (χ1v) is 11.7. The Morgan fingerprint density at radius 1 is 1.13 bits per heavy atom. The zero-order valence-corrected chi connectivity index (χ0v) is 18.3. The highest BCUT2D eigenvalue weighted by molar-refractivity contribution is 7.98. The Balaban J connectivity index is 1.37. The highest BCUT2D eigenvalue weighted by Gasteiger charge is 2.50. The zero-order valence-electron chi connectivity index (χ0n) is 17.5. The van der Waals surface area contributed by atoms with Crippen molar-refractivity contribution in [3.05, 3.63) is 59.9 Å². The van der Waals surface area contributed by atoms with E-state index in [1.54, 1.807) is 18.0 Å². The van der Waals surface area contributed by atoms with E-state index in [2.05, 4.69) is 47.3 Å². The molecule has 2 aliphatic rings. The van der Waals surface area contributed by atoms with E-state index in [9.17, 15) is 4.79 Å². The molecule has 0 saturated carbocycles. The van der Waals surface area contributed by atoms with Gasteiger partial charge in [-0.25, -0.2) is 4.98 Å². The maximum absolute atomic E-state index is 13.3. The van der Waals surface area contributed by atoms with Gasteiger partial charge in [0, 0.05) is 36.1 Å². The fraction of sp³-hybridized carbons (Fsp3) is 0.375. The second-order valence-corrected chi connectivity index (χ2v) is 9.31. The minimum Gasteiger partial charge on any atom is -0.355 e. The van der Waals surface area contributed by atoms with E-state index in [0.29, 0.717) is 6.54 Å². The number of aromatic nitrogens is 2. The summed E-state index contributed by atoms with van der Waals surface area (Å²) in [5, 5.41) is 1.20. The van der Waals surface area contributed by atoms with Gasteiger partial charge in [0.25, 0.3) is 0 Å². The van der Waals surface area contributed by atoms with Crippen molar-refractivity contribution in [2.75, 3.05) is 30.8 Å². The number of anilines is 1. The molecule has 154 valence electrons. The number of nitrogens with zero attached hydrogens (tertiary/aromatic N) is 4. The summed E-state index contributed by atoms with van der Waals surface area (Å²) in [7, 11) is 0. The van der Waals surface area contributed by atoms with Gasteiger partial charge in [0.1, 0.15) is 5.82 Å². The number of carbonyl (C=O) groups excluding carboxylic acids is 1.